The molecule has 0 bridgehead atoms. The molecule has 3 nitrogen and oxygen atoms in total. The van der Waals surface area contributed by atoms with Gasteiger partial charge in [-0.15, -0.1) is 0 Å². The Morgan fingerprint density at radius 2 is 1.94 bits per heavy atom. The van der Waals surface area contributed by atoms with Gasteiger partial charge in [-0.1, -0.05) is 59.9 Å². The van der Waals surface area contributed by atoms with Gasteiger partial charge in [-0.05, 0) is 63.7 Å². The number of nitrogens with zero attached hydrogens (tertiary/aromatic N) is 3. The molecule has 1 aliphatic heterocycles. The molecule has 1 aromatic heterocycles. The van der Waals surface area contributed by atoms with Crippen LogP contribution in [0.25, 0.3) is 23.8 Å². The molecule has 31 heavy (non-hydrogen) atoms. The molecule has 0 saturated heterocycles. The van der Waals surface area contributed by atoms with Crippen molar-refractivity contribution in [2.45, 2.75) is 19.3 Å². The number of hydrogen-bond acceptors (Lipinski definition) is 3. The normalized spacial score (nSPS) is 16.8. The van der Waals surface area contributed by atoms with E-state index in [9.17, 15) is 0 Å². The van der Waals surface area contributed by atoms with Crippen molar-refractivity contribution in [3.63, 3.8) is 0 Å². The van der Waals surface area contributed by atoms with E-state index in [-0.39, 0.29) is 0 Å². The molecule has 1 aliphatic carbocycles. The number of aromatic nitrogens is 1. The van der Waals surface area contributed by atoms with Crippen LogP contribution in [0.5, 0.6) is 0 Å². The molecule has 0 N–H and O–H groups in total. The van der Waals surface area contributed by atoms with E-state index >= 15 is 0 Å². The number of rotatable bonds is 7. The summed E-state index contributed by atoms with van der Waals surface area (Å²) in [6, 6.07) is 8.69. The number of hydrogen-bond donors (Lipinski definition) is 0. The molecule has 4 heteroatoms. The monoisotopic (exact) mass is 430 g/mol. The molecule has 0 saturated carbocycles. The van der Waals surface area contributed by atoms with Crippen LogP contribution in [0.3, 0.4) is 0 Å². The van der Waals surface area contributed by atoms with Crippen LogP contribution in [0.15, 0.2) is 60.8 Å². The highest BCUT2D eigenvalue weighted by Crippen LogP contribution is 2.32. The van der Waals surface area contributed by atoms with Crippen LogP contribution in [0.1, 0.15) is 29.8 Å². The lowest BCUT2D eigenvalue weighted by atomic mass is 9.99. The summed E-state index contributed by atoms with van der Waals surface area (Å²) in [5.41, 5.74) is 3.85. The maximum atomic E-state index is 2.37. The molecule has 0 atom stereocenters. The Morgan fingerprint density at radius 3 is 2.77 bits per heavy atom. The molecule has 2 aromatic rings. The minimum Gasteiger partial charge on any atom is -0.347 e. The topological polar surface area (TPSA) is 10.4 Å². The highest BCUT2D eigenvalue weighted by atomic mass is 32.1. The number of allylic oxidation sites excluding steroid dienone is 6. The van der Waals surface area contributed by atoms with Crippen LogP contribution < -0.4 is 19.3 Å². The van der Waals surface area contributed by atoms with Crippen LogP contribution in [0.2, 0.25) is 0 Å². The molecule has 0 fully saturated rings. The van der Waals surface area contributed by atoms with Crippen molar-refractivity contribution in [3.05, 3.63) is 81.3 Å². The van der Waals surface area contributed by atoms with Crippen LogP contribution in [0.4, 0.5) is 5.69 Å². The van der Waals surface area contributed by atoms with Crippen molar-refractivity contribution < 1.29 is 4.57 Å². The Labute approximate surface area is 189 Å². The molecular weight excluding hydrogens is 398 g/mol. The largest absolute Gasteiger partial charge is 0.347 e. The minimum atomic E-state index is 1.04. The predicted molar refractivity (Wildman–Crippen MR) is 135 cm³/mol. The van der Waals surface area contributed by atoms with Crippen LogP contribution in [0, 0.1) is 0 Å². The van der Waals surface area contributed by atoms with E-state index in [0.717, 1.165) is 32.4 Å². The average molecular weight is 431 g/mol. The van der Waals surface area contributed by atoms with E-state index in [1.165, 1.54) is 31.7 Å². The first-order chi connectivity index (χ1) is 15.1. The Balaban J connectivity index is 1.46. The van der Waals surface area contributed by atoms with E-state index in [0.29, 0.717) is 0 Å². The second kappa shape index (κ2) is 10.1. The van der Waals surface area contributed by atoms with Gasteiger partial charge in [0.05, 0.1) is 0 Å². The van der Waals surface area contributed by atoms with Gasteiger partial charge < -0.3 is 9.80 Å². The zero-order valence-electron chi connectivity index (χ0n) is 18.8. The number of thiazole rings is 1. The van der Waals surface area contributed by atoms with E-state index in [2.05, 4.69) is 115 Å². The summed E-state index contributed by atoms with van der Waals surface area (Å²) < 4.78 is 3.70. The minimum absolute atomic E-state index is 1.04. The Kier molecular flexibility index (Phi) is 7.00. The first-order valence-electron chi connectivity index (χ1n) is 11.1. The average Bonchev–Trinajstić information content (AvgIpc) is 3.10. The van der Waals surface area contributed by atoms with E-state index in [4.69, 9.17) is 0 Å². The lowest BCUT2D eigenvalue weighted by Crippen LogP contribution is -2.51. The van der Waals surface area contributed by atoms with Crippen LogP contribution in [-0.4, -0.2) is 32.1 Å². The van der Waals surface area contributed by atoms with Crippen molar-refractivity contribution >= 4 is 40.8 Å². The van der Waals surface area contributed by atoms with Crippen LogP contribution in [-0.2, 0) is 7.05 Å². The summed E-state index contributed by atoms with van der Waals surface area (Å²) >= 11 is 1.87. The van der Waals surface area contributed by atoms with Gasteiger partial charge in [0.15, 0.2) is 0 Å². The van der Waals surface area contributed by atoms with E-state index in [1.807, 2.05) is 11.3 Å². The fraction of sp³-hybridized carbons (Fsp3) is 0.296. The molecule has 1 aromatic carbocycles. The lowest BCUT2D eigenvalue weighted by Gasteiger charge is -2.28. The Hall–Kier alpha value is -2.69. The van der Waals surface area contributed by atoms with Gasteiger partial charge in [-0.3, -0.25) is 0 Å². The molecule has 0 spiro atoms. The summed E-state index contributed by atoms with van der Waals surface area (Å²) in [6.45, 7) is 2.14. The maximum absolute atomic E-state index is 2.37. The molecule has 2 heterocycles. The third kappa shape index (κ3) is 5.15. The fourth-order valence-corrected chi connectivity index (χ4v) is 5.18. The van der Waals surface area contributed by atoms with Gasteiger partial charge in [0.1, 0.15) is 11.6 Å². The highest BCUT2D eigenvalue weighted by Gasteiger charge is 2.15. The summed E-state index contributed by atoms with van der Waals surface area (Å²) in [6.07, 6.45) is 23.4. The van der Waals surface area contributed by atoms with Gasteiger partial charge in [-0.25, -0.2) is 0 Å². The molecule has 4 rings (SSSR count). The third-order valence-corrected chi connectivity index (χ3v) is 6.91. The number of para-hydroxylation sites is 1. The second-order valence-electron chi connectivity index (χ2n) is 8.28. The SMILES string of the molecule is CN(C)CCCN1C=C\C(=C/C=C/C=C/c2sc3c([n+]2C)=CCCC=3)c2ccccc21. The zero-order chi connectivity index (χ0) is 21.6. The lowest BCUT2D eigenvalue weighted by molar-refractivity contribution is -0.681. The Bertz CT molecular complexity index is 1160. The van der Waals surface area contributed by atoms with Crippen molar-refractivity contribution in [2.75, 3.05) is 32.1 Å². The first kappa shape index (κ1) is 21.5. The van der Waals surface area contributed by atoms with Gasteiger partial charge in [0, 0.05) is 30.1 Å². The molecule has 0 amide bonds. The molecule has 2 aliphatic rings. The van der Waals surface area contributed by atoms with E-state index < -0.39 is 0 Å². The van der Waals surface area contributed by atoms with Crippen molar-refractivity contribution in [3.8, 4) is 0 Å². The highest BCUT2D eigenvalue weighted by molar-refractivity contribution is 7.10. The van der Waals surface area contributed by atoms with Crippen LogP contribution >= 0.6 is 11.3 Å². The van der Waals surface area contributed by atoms with Crippen molar-refractivity contribution in [1.82, 2.24) is 4.90 Å². The Morgan fingerprint density at radius 1 is 1.10 bits per heavy atom. The molecule has 0 radical (unpaired) electrons. The third-order valence-electron chi connectivity index (χ3n) is 5.69. The van der Waals surface area contributed by atoms with Gasteiger partial charge in [-0.2, -0.15) is 4.57 Å². The molecule has 160 valence electrons. The molecular formula is C27H32N3S+. The maximum Gasteiger partial charge on any atom is 0.262 e. The number of fused-ring (bicyclic) bond motifs is 2. The summed E-state index contributed by atoms with van der Waals surface area (Å²) in [5, 5.41) is 2.65. The van der Waals surface area contributed by atoms with E-state index in [1.54, 1.807) is 0 Å². The quantitative estimate of drug-likeness (QED) is 0.488. The number of benzene rings is 1. The number of anilines is 1. The van der Waals surface area contributed by atoms with Crippen molar-refractivity contribution in [1.29, 1.82) is 0 Å². The van der Waals surface area contributed by atoms with Crippen molar-refractivity contribution in [2.24, 2.45) is 7.05 Å². The fourth-order valence-electron chi connectivity index (χ4n) is 4.05. The second-order valence-corrected chi connectivity index (χ2v) is 9.35. The van der Waals surface area contributed by atoms with Gasteiger partial charge in [0.2, 0.25) is 5.35 Å². The summed E-state index contributed by atoms with van der Waals surface area (Å²) in [7, 11) is 6.42. The smallest absolute Gasteiger partial charge is 0.262 e. The van der Waals surface area contributed by atoms with Gasteiger partial charge in [0.25, 0.3) is 5.01 Å². The predicted octanol–water partition coefficient (Wildman–Crippen LogP) is 3.87. The summed E-state index contributed by atoms with van der Waals surface area (Å²) in [5.74, 6) is 0. The zero-order valence-corrected chi connectivity index (χ0v) is 19.6. The standard InChI is InChI=1S/C27H32N3S/c1-28(2)19-11-20-30-21-18-22(23-13-7-8-14-24(23)30)12-5-4-6-17-27-29(3)25-15-9-10-16-26(25)31-27/h4-8,12-18,21H,9-11,19-20H2,1-3H3/q+1. The first-order valence-corrected chi connectivity index (χ1v) is 11.9. The summed E-state index contributed by atoms with van der Waals surface area (Å²) in [4.78, 5) is 4.61. The van der Waals surface area contributed by atoms with Gasteiger partial charge >= 0.3 is 0 Å². The molecule has 0 unspecified atom stereocenters.